The third-order valence-electron chi connectivity index (χ3n) is 4.91. The van der Waals surface area contributed by atoms with Crippen LogP contribution in [0, 0.1) is 17.8 Å². The van der Waals surface area contributed by atoms with Crippen molar-refractivity contribution in [3.05, 3.63) is 23.8 Å². The van der Waals surface area contributed by atoms with Gasteiger partial charge in [-0.15, -0.1) is 0 Å². The first-order valence-corrected chi connectivity index (χ1v) is 7.61. The van der Waals surface area contributed by atoms with Gasteiger partial charge in [-0.25, -0.2) is 0 Å². The molecule has 0 saturated heterocycles. The topological polar surface area (TPSA) is 51.2 Å². The van der Waals surface area contributed by atoms with Crippen LogP contribution in [0.2, 0.25) is 0 Å². The summed E-state index contributed by atoms with van der Waals surface area (Å²) in [4.78, 5) is 36.9. The molecular formula is C17H20O3. The molecule has 0 heterocycles. The van der Waals surface area contributed by atoms with Crippen LogP contribution in [0.15, 0.2) is 23.8 Å². The Balaban J connectivity index is 1.70. The number of hydrogen-bond donors (Lipinski definition) is 0. The molecular weight excluding hydrogens is 252 g/mol. The van der Waals surface area contributed by atoms with Gasteiger partial charge in [0, 0.05) is 18.8 Å². The second-order valence-corrected chi connectivity index (χ2v) is 6.23. The zero-order valence-electron chi connectivity index (χ0n) is 11.6. The van der Waals surface area contributed by atoms with E-state index in [9.17, 15) is 14.4 Å². The smallest absolute Gasteiger partial charge is 0.153 e. The summed E-state index contributed by atoms with van der Waals surface area (Å²) in [5, 5.41) is 0. The molecule has 2 saturated carbocycles. The number of carbonyl (C=O) groups excluding carboxylic acids is 3. The third-order valence-corrected chi connectivity index (χ3v) is 4.91. The zero-order valence-corrected chi connectivity index (χ0v) is 11.6. The molecule has 3 aliphatic rings. The van der Waals surface area contributed by atoms with Crippen molar-refractivity contribution in [1.82, 2.24) is 0 Å². The van der Waals surface area contributed by atoms with Crippen LogP contribution in [0.5, 0.6) is 0 Å². The van der Waals surface area contributed by atoms with Crippen molar-refractivity contribution < 1.29 is 14.4 Å². The molecule has 0 radical (unpaired) electrons. The molecule has 0 spiro atoms. The first-order valence-electron chi connectivity index (χ1n) is 7.61. The Hall–Kier alpha value is -1.51. The maximum atomic E-state index is 12.4. The van der Waals surface area contributed by atoms with E-state index in [4.69, 9.17) is 0 Å². The Morgan fingerprint density at radius 2 is 1.70 bits per heavy atom. The second-order valence-electron chi connectivity index (χ2n) is 6.23. The molecule has 0 N–H and O–H groups in total. The van der Waals surface area contributed by atoms with Crippen molar-refractivity contribution in [1.29, 1.82) is 0 Å². The van der Waals surface area contributed by atoms with E-state index >= 15 is 0 Å². The molecule has 0 aromatic rings. The predicted octanol–water partition coefficient (Wildman–Crippen LogP) is 2.80. The fourth-order valence-corrected chi connectivity index (χ4v) is 3.77. The Kier molecular flexibility index (Phi) is 3.68. The van der Waals surface area contributed by atoms with Gasteiger partial charge in [-0.3, -0.25) is 14.4 Å². The molecule has 0 aliphatic heterocycles. The fraction of sp³-hybridized carbons (Fsp3) is 0.588. The van der Waals surface area contributed by atoms with Gasteiger partial charge >= 0.3 is 0 Å². The highest BCUT2D eigenvalue weighted by Gasteiger charge is 2.43. The molecule has 2 fully saturated rings. The minimum Gasteiger partial charge on any atom is -0.298 e. The standard InChI is InChI=1S/C17H20O3/c18-14-9-13(11-5-1-2-6-11)10-15(19)16(14)17(20)12-7-3-4-8-12/h1-2,5,12-13,16H,3-4,6-10H2. The van der Waals surface area contributed by atoms with Crippen LogP contribution in [-0.2, 0) is 14.4 Å². The van der Waals surface area contributed by atoms with E-state index in [0.29, 0.717) is 12.8 Å². The summed E-state index contributed by atoms with van der Waals surface area (Å²) < 4.78 is 0. The Bertz CT molecular complexity index is 488. The van der Waals surface area contributed by atoms with Crippen LogP contribution in [0.3, 0.4) is 0 Å². The number of hydrogen-bond acceptors (Lipinski definition) is 3. The summed E-state index contributed by atoms with van der Waals surface area (Å²) in [7, 11) is 0. The van der Waals surface area contributed by atoms with Crippen molar-refractivity contribution in [3.63, 3.8) is 0 Å². The van der Waals surface area contributed by atoms with E-state index in [-0.39, 0.29) is 29.2 Å². The van der Waals surface area contributed by atoms with Crippen LogP contribution in [0.1, 0.15) is 44.9 Å². The summed E-state index contributed by atoms with van der Waals surface area (Å²) >= 11 is 0. The highest BCUT2D eigenvalue weighted by Crippen LogP contribution is 2.36. The van der Waals surface area contributed by atoms with Crippen LogP contribution in [-0.4, -0.2) is 17.3 Å². The average Bonchev–Trinajstić information content (AvgIpc) is 3.11. The zero-order chi connectivity index (χ0) is 14.1. The molecule has 3 heteroatoms. The first kappa shape index (κ1) is 13.5. The normalized spacial score (nSPS) is 30.9. The minimum atomic E-state index is -0.940. The summed E-state index contributed by atoms with van der Waals surface area (Å²) in [6, 6.07) is 0. The molecule has 0 unspecified atom stereocenters. The van der Waals surface area contributed by atoms with E-state index in [2.05, 4.69) is 0 Å². The molecule has 0 atom stereocenters. The Labute approximate surface area is 119 Å². The molecule has 20 heavy (non-hydrogen) atoms. The van der Waals surface area contributed by atoms with Gasteiger partial charge in [0.25, 0.3) is 0 Å². The van der Waals surface area contributed by atoms with Crippen LogP contribution >= 0.6 is 0 Å². The maximum Gasteiger partial charge on any atom is 0.153 e. The van der Waals surface area contributed by atoms with Crippen molar-refractivity contribution in [2.45, 2.75) is 44.9 Å². The van der Waals surface area contributed by atoms with Gasteiger partial charge in [0.05, 0.1) is 0 Å². The van der Waals surface area contributed by atoms with Crippen LogP contribution in [0.25, 0.3) is 0 Å². The molecule has 0 bridgehead atoms. The SMILES string of the molecule is O=C1CC(C2=CC=CC2)CC(=O)C1C(=O)C1CCCC1. The second kappa shape index (κ2) is 5.47. The summed E-state index contributed by atoms with van der Waals surface area (Å²) in [6.07, 6.45) is 11.4. The largest absolute Gasteiger partial charge is 0.298 e. The maximum absolute atomic E-state index is 12.4. The van der Waals surface area contributed by atoms with E-state index in [1.54, 1.807) is 0 Å². The van der Waals surface area contributed by atoms with Gasteiger partial charge in [0.2, 0.25) is 0 Å². The molecule has 3 aliphatic carbocycles. The fourth-order valence-electron chi connectivity index (χ4n) is 3.77. The third kappa shape index (κ3) is 2.41. The summed E-state index contributed by atoms with van der Waals surface area (Å²) in [5.74, 6) is -1.33. The monoisotopic (exact) mass is 272 g/mol. The first-order chi connectivity index (χ1) is 9.66. The van der Waals surface area contributed by atoms with E-state index < -0.39 is 5.92 Å². The van der Waals surface area contributed by atoms with Gasteiger partial charge in [0.1, 0.15) is 5.92 Å². The summed E-state index contributed by atoms with van der Waals surface area (Å²) in [6.45, 7) is 0. The lowest BCUT2D eigenvalue weighted by Crippen LogP contribution is -2.41. The molecule has 3 rings (SSSR count). The van der Waals surface area contributed by atoms with Crippen molar-refractivity contribution in [3.8, 4) is 0 Å². The van der Waals surface area contributed by atoms with Gasteiger partial charge in [-0.2, -0.15) is 0 Å². The highest BCUT2D eigenvalue weighted by molar-refractivity contribution is 6.21. The van der Waals surface area contributed by atoms with Crippen LogP contribution < -0.4 is 0 Å². The molecule has 3 nitrogen and oxygen atoms in total. The quantitative estimate of drug-likeness (QED) is 0.742. The van der Waals surface area contributed by atoms with E-state index in [1.807, 2.05) is 18.2 Å². The van der Waals surface area contributed by atoms with Gasteiger partial charge in [-0.05, 0) is 25.2 Å². The predicted molar refractivity (Wildman–Crippen MR) is 75.0 cm³/mol. The summed E-state index contributed by atoms with van der Waals surface area (Å²) in [5.41, 5.74) is 1.17. The van der Waals surface area contributed by atoms with Gasteiger partial charge in [-0.1, -0.05) is 36.6 Å². The van der Waals surface area contributed by atoms with E-state index in [1.165, 1.54) is 5.57 Å². The number of carbonyl (C=O) groups is 3. The average molecular weight is 272 g/mol. The number of ketones is 3. The Morgan fingerprint density at radius 1 is 1.05 bits per heavy atom. The lowest BCUT2D eigenvalue weighted by atomic mass is 9.73. The van der Waals surface area contributed by atoms with Crippen LogP contribution in [0.4, 0.5) is 0 Å². The lowest BCUT2D eigenvalue weighted by molar-refractivity contribution is -0.144. The molecule has 0 aromatic heterocycles. The van der Waals surface area contributed by atoms with Gasteiger partial charge < -0.3 is 0 Å². The Morgan fingerprint density at radius 3 is 2.25 bits per heavy atom. The molecule has 0 aromatic carbocycles. The molecule has 106 valence electrons. The number of Topliss-reactive ketones (excluding diaryl/α,β-unsaturated/α-hetero) is 3. The van der Waals surface area contributed by atoms with E-state index in [0.717, 1.165) is 32.1 Å². The minimum absolute atomic E-state index is 0.0256. The van der Waals surface area contributed by atoms with Gasteiger partial charge in [0.15, 0.2) is 17.3 Å². The highest BCUT2D eigenvalue weighted by atomic mass is 16.2. The van der Waals surface area contributed by atoms with Crippen molar-refractivity contribution >= 4 is 17.3 Å². The van der Waals surface area contributed by atoms with Crippen molar-refractivity contribution in [2.75, 3.05) is 0 Å². The lowest BCUT2D eigenvalue weighted by Gasteiger charge is -2.27. The van der Waals surface area contributed by atoms with Crippen molar-refractivity contribution in [2.24, 2.45) is 17.8 Å². The molecule has 0 amide bonds. The number of rotatable bonds is 3. The number of allylic oxidation sites excluding steroid dienone is 4.